The van der Waals surface area contributed by atoms with Crippen LogP contribution in [0.1, 0.15) is 49.0 Å². The zero-order valence-electron chi connectivity index (χ0n) is 12.0. The van der Waals surface area contributed by atoms with Crippen LogP contribution in [0.3, 0.4) is 0 Å². The van der Waals surface area contributed by atoms with Crippen molar-refractivity contribution in [3.05, 3.63) is 27.7 Å². The number of ketones is 1. The highest BCUT2D eigenvalue weighted by molar-refractivity contribution is 9.10. The number of fused-ring (bicyclic) bond motifs is 1. The van der Waals surface area contributed by atoms with Gasteiger partial charge in [-0.3, -0.25) is 9.59 Å². The van der Waals surface area contributed by atoms with Crippen LogP contribution in [0.5, 0.6) is 0 Å². The van der Waals surface area contributed by atoms with Gasteiger partial charge >= 0.3 is 0 Å². The molecule has 0 bridgehead atoms. The lowest BCUT2D eigenvalue weighted by molar-refractivity contribution is -0.133. The zero-order chi connectivity index (χ0) is 15.6. The lowest BCUT2D eigenvalue weighted by Crippen LogP contribution is -2.32. The fourth-order valence-electron chi connectivity index (χ4n) is 2.30. The average molecular weight is 358 g/mol. The number of Topliss-reactive ketones (excluding diaryl/α,β-unsaturated/α-hetero) is 1. The molecule has 4 nitrogen and oxygen atoms in total. The molecule has 6 heteroatoms. The van der Waals surface area contributed by atoms with Crippen molar-refractivity contribution in [2.45, 2.75) is 45.9 Å². The molecular formula is C15H17BrFNO3. The number of benzene rings is 1. The number of carbonyl (C=O) groups excluding carboxylic acids is 2. The summed E-state index contributed by atoms with van der Waals surface area (Å²) in [6, 6.07) is 3.39. The highest BCUT2D eigenvalue weighted by Gasteiger charge is 2.26. The van der Waals surface area contributed by atoms with Gasteiger partial charge in [0.2, 0.25) is 12.3 Å². The van der Waals surface area contributed by atoms with Gasteiger partial charge in [-0.05, 0) is 40.0 Å². The Bertz CT molecular complexity index is 576. The Morgan fingerprint density at radius 2 is 2.19 bits per heavy atom. The Hall–Kier alpha value is -1.27. The van der Waals surface area contributed by atoms with Gasteiger partial charge < -0.3 is 0 Å². The third-order valence-corrected chi connectivity index (χ3v) is 3.97. The van der Waals surface area contributed by atoms with Crippen LogP contribution in [0.25, 0.3) is 0 Å². The first-order valence-corrected chi connectivity index (χ1v) is 7.70. The largest absolute Gasteiger partial charge is 0.294 e. The molecule has 2 rings (SSSR count). The fourth-order valence-corrected chi connectivity index (χ4v) is 2.81. The number of anilines is 1. The van der Waals surface area contributed by atoms with Gasteiger partial charge in [0, 0.05) is 29.8 Å². The third kappa shape index (κ3) is 3.49. The number of alkyl halides is 1. The number of aryl methyl sites for hydroxylation is 1. The highest BCUT2D eigenvalue weighted by Crippen LogP contribution is 2.34. The van der Waals surface area contributed by atoms with Crippen LogP contribution in [-0.2, 0) is 16.1 Å². The van der Waals surface area contributed by atoms with E-state index >= 15 is 0 Å². The van der Waals surface area contributed by atoms with Crippen molar-refractivity contribution in [1.82, 2.24) is 0 Å². The van der Waals surface area contributed by atoms with E-state index in [4.69, 9.17) is 4.84 Å². The van der Waals surface area contributed by atoms with Crippen LogP contribution in [0.2, 0.25) is 0 Å². The van der Waals surface area contributed by atoms with E-state index in [9.17, 15) is 14.0 Å². The van der Waals surface area contributed by atoms with Gasteiger partial charge in [0.05, 0.1) is 5.69 Å². The van der Waals surface area contributed by atoms with Crippen molar-refractivity contribution in [2.75, 3.05) is 5.06 Å². The molecule has 1 unspecified atom stereocenters. The molecule has 0 saturated heterocycles. The SMILES string of the molecule is CCCC(F)ON(C(C)=O)c1cc2c(cc1Br)C(=O)CC2. The normalized spacial score (nSPS) is 15.0. The molecule has 0 spiro atoms. The van der Waals surface area contributed by atoms with Gasteiger partial charge in [-0.25, -0.2) is 9.23 Å². The fraction of sp³-hybridized carbons (Fsp3) is 0.467. The van der Waals surface area contributed by atoms with E-state index in [0.717, 1.165) is 10.6 Å². The molecule has 21 heavy (non-hydrogen) atoms. The number of hydrogen-bond donors (Lipinski definition) is 0. The summed E-state index contributed by atoms with van der Waals surface area (Å²) in [7, 11) is 0. The lowest BCUT2D eigenvalue weighted by atomic mass is 10.1. The molecule has 1 atom stereocenters. The summed E-state index contributed by atoms with van der Waals surface area (Å²) >= 11 is 3.33. The van der Waals surface area contributed by atoms with Gasteiger partial charge in [-0.2, -0.15) is 5.06 Å². The molecule has 0 N–H and O–H groups in total. The number of amides is 1. The van der Waals surface area contributed by atoms with Gasteiger partial charge in [-0.1, -0.05) is 13.3 Å². The Balaban J connectivity index is 2.33. The van der Waals surface area contributed by atoms with Gasteiger partial charge in [0.15, 0.2) is 5.78 Å². The van der Waals surface area contributed by atoms with E-state index in [-0.39, 0.29) is 12.2 Å². The Kier molecular flexibility index (Phi) is 5.11. The predicted octanol–water partition coefficient (Wildman–Crippen LogP) is 3.96. The van der Waals surface area contributed by atoms with Crippen molar-refractivity contribution < 1.29 is 18.8 Å². The predicted molar refractivity (Wildman–Crippen MR) is 80.8 cm³/mol. The molecular weight excluding hydrogens is 341 g/mol. The second-order valence-electron chi connectivity index (χ2n) is 5.00. The van der Waals surface area contributed by atoms with E-state index in [0.29, 0.717) is 35.0 Å². The molecule has 0 aliphatic heterocycles. The highest BCUT2D eigenvalue weighted by atomic mass is 79.9. The average Bonchev–Trinajstić information content (AvgIpc) is 2.77. The molecule has 0 radical (unpaired) electrons. The summed E-state index contributed by atoms with van der Waals surface area (Å²) in [5.41, 5.74) is 1.94. The monoisotopic (exact) mass is 357 g/mol. The summed E-state index contributed by atoms with van der Waals surface area (Å²) in [6.07, 6.45) is 0.389. The van der Waals surface area contributed by atoms with Crippen molar-refractivity contribution in [3.63, 3.8) is 0 Å². The molecule has 1 aliphatic carbocycles. The maximum atomic E-state index is 13.7. The summed E-state index contributed by atoms with van der Waals surface area (Å²) < 4.78 is 14.2. The van der Waals surface area contributed by atoms with Crippen LogP contribution in [0.4, 0.5) is 10.1 Å². The second kappa shape index (κ2) is 6.66. The third-order valence-electron chi connectivity index (χ3n) is 3.33. The summed E-state index contributed by atoms with van der Waals surface area (Å²) in [4.78, 5) is 28.6. The maximum absolute atomic E-state index is 13.7. The van der Waals surface area contributed by atoms with E-state index in [1.165, 1.54) is 6.92 Å². The quantitative estimate of drug-likeness (QED) is 0.749. The van der Waals surface area contributed by atoms with E-state index in [1.54, 1.807) is 12.1 Å². The van der Waals surface area contributed by atoms with E-state index in [2.05, 4.69) is 15.9 Å². The van der Waals surface area contributed by atoms with Crippen LogP contribution in [0.15, 0.2) is 16.6 Å². The molecule has 1 aliphatic rings. The Labute approximate surface area is 131 Å². The molecule has 1 aromatic rings. The molecule has 0 fully saturated rings. The van der Waals surface area contributed by atoms with Crippen LogP contribution in [0, 0.1) is 0 Å². The minimum atomic E-state index is -1.54. The van der Waals surface area contributed by atoms with Crippen molar-refractivity contribution >= 4 is 33.3 Å². The summed E-state index contributed by atoms with van der Waals surface area (Å²) in [5, 5.41) is 0.952. The number of hydrogen-bond acceptors (Lipinski definition) is 3. The topological polar surface area (TPSA) is 46.6 Å². The summed E-state index contributed by atoms with van der Waals surface area (Å²) in [6.45, 7) is 3.15. The van der Waals surface area contributed by atoms with Crippen molar-refractivity contribution in [1.29, 1.82) is 0 Å². The van der Waals surface area contributed by atoms with Crippen LogP contribution >= 0.6 is 15.9 Å². The standard InChI is InChI=1S/C15H17BrFNO3/c1-3-4-15(17)21-18(9(2)19)13-7-10-5-6-14(20)11(10)8-12(13)16/h7-8,15H,3-6H2,1-2H3. The van der Waals surface area contributed by atoms with E-state index < -0.39 is 12.3 Å². The smallest absolute Gasteiger partial charge is 0.247 e. The molecule has 114 valence electrons. The lowest BCUT2D eigenvalue weighted by Gasteiger charge is -2.24. The maximum Gasteiger partial charge on any atom is 0.247 e. The molecule has 1 amide bonds. The van der Waals surface area contributed by atoms with Gasteiger partial charge in [0.25, 0.3) is 0 Å². The Morgan fingerprint density at radius 3 is 2.81 bits per heavy atom. The number of nitrogens with zero attached hydrogens (tertiary/aromatic N) is 1. The number of hydroxylamine groups is 1. The van der Waals surface area contributed by atoms with E-state index in [1.807, 2.05) is 6.92 Å². The molecule has 0 heterocycles. The minimum Gasteiger partial charge on any atom is -0.294 e. The number of carbonyl (C=O) groups is 2. The first kappa shape index (κ1) is 16.1. The van der Waals surface area contributed by atoms with Crippen LogP contribution in [-0.4, -0.2) is 18.0 Å². The number of rotatable bonds is 5. The molecule has 1 aromatic carbocycles. The van der Waals surface area contributed by atoms with Crippen molar-refractivity contribution in [3.8, 4) is 0 Å². The zero-order valence-corrected chi connectivity index (χ0v) is 13.6. The first-order valence-electron chi connectivity index (χ1n) is 6.91. The summed E-state index contributed by atoms with van der Waals surface area (Å²) in [5.74, 6) is -0.333. The molecule has 0 aromatic heterocycles. The van der Waals surface area contributed by atoms with Crippen molar-refractivity contribution in [2.24, 2.45) is 0 Å². The minimum absolute atomic E-state index is 0.0851. The van der Waals surface area contributed by atoms with Gasteiger partial charge in [-0.15, -0.1) is 0 Å². The number of halogens is 2. The molecule has 0 saturated carbocycles. The van der Waals surface area contributed by atoms with Crippen LogP contribution < -0.4 is 5.06 Å². The Morgan fingerprint density at radius 1 is 1.48 bits per heavy atom. The van der Waals surface area contributed by atoms with Gasteiger partial charge in [0.1, 0.15) is 0 Å². The first-order chi connectivity index (χ1) is 9.93. The second-order valence-corrected chi connectivity index (χ2v) is 5.86.